The van der Waals surface area contributed by atoms with Gasteiger partial charge in [0.2, 0.25) is 5.12 Å². The second-order valence-electron chi connectivity index (χ2n) is 8.46. The molecule has 11 heteroatoms. The first-order valence-corrected chi connectivity index (χ1v) is 13.7. The van der Waals surface area contributed by atoms with Gasteiger partial charge in [-0.3, -0.25) is 4.79 Å². The van der Waals surface area contributed by atoms with E-state index in [1.54, 1.807) is 30.3 Å². The van der Waals surface area contributed by atoms with Gasteiger partial charge in [0.15, 0.2) is 11.5 Å². The number of aliphatic hydroxyl groups is 3. The Balaban J connectivity index is 1.47. The molecule has 0 spiro atoms. The number of hydrogen-bond acceptors (Lipinski definition) is 8. The van der Waals surface area contributed by atoms with Crippen LogP contribution in [0.25, 0.3) is 10.4 Å². The van der Waals surface area contributed by atoms with E-state index in [1.807, 2.05) is 18.2 Å². The highest BCUT2D eigenvalue weighted by Crippen LogP contribution is 2.39. The van der Waals surface area contributed by atoms with Crippen LogP contribution in [0.4, 0.5) is 5.69 Å². The van der Waals surface area contributed by atoms with Crippen LogP contribution in [-0.2, 0) is 5.88 Å². The zero-order chi connectivity index (χ0) is 25.9. The first-order valence-electron chi connectivity index (χ1n) is 11.0. The Bertz CT molecular complexity index is 1230. The van der Waals surface area contributed by atoms with Gasteiger partial charge < -0.3 is 30.1 Å². The fourth-order valence-electron chi connectivity index (χ4n) is 3.84. The van der Waals surface area contributed by atoms with Crippen molar-refractivity contribution in [2.24, 2.45) is 0 Å². The van der Waals surface area contributed by atoms with Crippen molar-refractivity contribution >= 4 is 57.9 Å². The predicted octanol–water partition coefficient (Wildman–Crippen LogP) is 5.34. The minimum absolute atomic E-state index is 0.139. The molecule has 0 saturated carbocycles. The van der Waals surface area contributed by atoms with Crippen LogP contribution in [0, 0.1) is 0 Å². The molecule has 192 valence electrons. The summed E-state index contributed by atoms with van der Waals surface area (Å²) < 4.78 is 11.2. The highest BCUT2D eigenvalue weighted by molar-refractivity contribution is 8.00. The molecule has 0 radical (unpaired) electrons. The summed E-state index contributed by atoms with van der Waals surface area (Å²) in [4.78, 5) is 14.5. The van der Waals surface area contributed by atoms with Gasteiger partial charge in [0.1, 0.15) is 12.2 Å². The van der Waals surface area contributed by atoms with Crippen LogP contribution in [0.2, 0.25) is 5.02 Å². The topological polar surface area (TPSA) is 108 Å². The molecule has 1 amide bonds. The van der Waals surface area contributed by atoms with Gasteiger partial charge in [-0.1, -0.05) is 35.5 Å². The molecule has 2 aromatic carbocycles. The van der Waals surface area contributed by atoms with Crippen molar-refractivity contribution in [1.82, 2.24) is 0 Å². The lowest BCUT2D eigenvalue weighted by Crippen LogP contribution is -2.47. The standard InChI is InChI=1S/C25H25Cl2NO6S2/c1-33-20-11-18(6-7-19(20)34-14-24(30)8-9-35-25(31,32)13-24)28-23(29)22-16(12-26)10-21(36-22)15-2-4-17(27)5-3-15/h2-7,10-11,30-32H,8-9,12-14H2,1H3,(H,28,29). The minimum atomic E-state index is -1.99. The fraction of sp³-hybridized carbons (Fsp3) is 0.320. The molecule has 36 heavy (non-hydrogen) atoms. The van der Waals surface area contributed by atoms with Gasteiger partial charge in [0.25, 0.3) is 5.91 Å². The molecule has 0 bridgehead atoms. The van der Waals surface area contributed by atoms with Gasteiger partial charge in [-0.05, 0) is 47.9 Å². The second-order valence-corrected chi connectivity index (χ2v) is 11.6. The summed E-state index contributed by atoms with van der Waals surface area (Å²) >= 11 is 14.4. The van der Waals surface area contributed by atoms with Crippen LogP contribution in [0.5, 0.6) is 11.5 Å². The van der Waals surface area contributed by atoms with E-state index in [1.165, 1.54) is 18.4 Å². The quantitative estimate of drug-likeness (QED) is 0.214. The number of amides is 1. The Morgan fingerprint density at radius 1 is 1.11 bits per heavy atom. The molecule has 1 aliphatic heterocycles. The summed E-state index contributed by atoms with van der Waals surface area (Å²) in [6.45, 7) is -0.139. The van der Waals surface area contributed by atoms with Crippen LogP contribution in [0.15, 0.2) is 48.5 Å². The summed E-state index contributed by atoms with van der Waals surface area (Å²) in [7, 11) is 1.47. The van der Waals surface area contributed by atoms with E-state index >= 15 is 0 Å². The van der Waals surface area contributed by atoms with E-state index in [-0.39, 0.29) is 24.8 Å². The van der Waals surface area contributed by atoms with E-state index in [4.69, 9.17) is 32.7 Å². The molecule has 2 heterocycles. The number of carbonyl (C=O) groups excluding carboxylic acids is 1. The number of ether oxygens (including phenoxy) is 2. The lowest BCUT2D eigenvalue weighted by Gasteiger charge is -2.38. The first kappa shape index (κ1) is 27.1. The summed E-state index contributed by atoms with van der Waals surface area (Å²) in [5.41, 5.74) is 0.768. The number of thioether (sulfide) groups is 1. The van der Waals surface area contributed by atoms with E-state index in [0.717, 1.165) is 27.8 Å². The Morgan fingerprint density at radius 3 is 2.53 bits per heavy atom. The van der Waals surface area contributed by atoms with Crippen LogP contribution in [0.1, 0.15) is 28.1 Å². The zero-order valence-corrected chi connectivity index (χ0v) is 22.4. The van der Waals surface area contributed by atoms with Crippen molar-refractivity contribution < 1.29 is 29.6 Å². The van der Waals surface area contributed by atoms with Crippen molar-refractivity contribution in [3.8, 4) is 21.9 Å². The lowest BCUT2D eigenvalue weighted by molar-refractivity contribution is -0.145. The number of nitrogens with one attached hydrogen (secondary N) is 1. The highest BCUT2D eigenvalue weighted by Gasteiger charge is 2.43. The molecular weight excluding hydrogens is 545 g/mol. The number of carbonyl (C=O) groups is 1. The van der Waals surface area contributed by atoms with E-state index in [2.05, 4.69) is 5.32 Å². The Morgan fingerprint density at radius 2 is 1.86 bits per heavy atom. The fourth-order valence-corrected chi connectivity index (χ4v) is 6.51. The summed E-state index contributed by atoms with van der Waals surface area (Å²) in [5, 5.41) is 31.9. The third-order valence-corrected chi connectivity index (χ3v) is 8.45. The molecule has 7 nitrogen and oxygen atoms in total. The van der Waals surface area contributed by atoms with Gasteiger partial charge >= 0.3 is 0 Å². The molecule has 4 N–H and O–H groups in total. The van der Waals surface area contributed by atoms with Gasteiger partial charge in [-0.15, -0.1) is 22.9 Å². The number of rotatable bonds is 8. The van der Waals surface area contributed by atoms with Crippen molar-refractivity contribution in [3.63, 3.8) is 0 Å². The number of hydrogen-bond donors (Lipinski definition) is 4. The number of methoxy groups -OCH3 is 1. The smallest absolute Gasteiger partial charge is 0.266 e. The predicted molar refractivity (Wildman–Crippen MR) is 145 cm³/mol. The maximum Gasteiger partial charge on any atom is 0.266 e. The van der Waals surface area contributed by atoms with Crippen molar-refractivity contribution in [2.75, 3.05) is 24.8 Å². The molecule has 1 saturated heterocycles. The van der Waals surface area contributed by atoms with Crippen molar-refractivity contribution in [1.29, 1.82) is 0 Å². The molecular formula is C25H25Cl2NO6S2. The van der Waals surface area contributed by atoms with Crippen LogP contribution in [-0.4, -0.2) is 51.4 Å². The van der Waals surface area contributed by atoms with E-state index in [9.17, 15) is 20.1 Å². The van der Waals surface area contributed by atoms with Crippen LogP contribution in [0.3, 0.4) is 0 Å². The third-order valence-electron chi connectivity index (χ3n) is 5.67. The molecule has 1 unspecified atom stereocenters. The monoisotopic (exact) mass is 569 g/mol. The molecule has 0 aliphatic carbocycles. The second kappa shape index (κ2) is 11.2. The van der Waals surface area contributed by atoms with Gasteiger partial charge in [0.05, 0.1) is 12.0 Å². The number of benzene rings is 2. The Kier molecular flexibility index (Phi) is 8.41. The average Bonchev–Trinajstić information content (AvgIpc) is 3.27. The molecule has 1 aromatic heterocycles. The third kappa shape index (κ3) is 6.47. The van der Waals surface area contributed by atoms with Gasteiger partial charge in [-0.25, -0.2) is 0 Å². The first-order chi connectivity index (χ1) is 17.1. The highest BCUT2D eigenvalue weighted by atomic mass is 35.5. The number of anilines is 1. The summed E-state index contributed by atoms with van der Waals surface area (Å²) in [6.07, 6.45) is 0.127. The SMILES string of the molecule is COc1cc(NC(=O)c2sc(-c3ccc(Cl)cc3)cc2CCl)ccc1OCC1(O)CCSC(O)(O)C1. The largest absolute Gasteiger partial charge is 0.493 e. The van der Waals surface area contributed by atoms with Crippen LogP contribution < -0.4 is 14.8 Å². The normalized spacial score (nSPS) is 19.1. The van der Waals surface area contributed by atoms with E-state index in [0.29, 0.717) is 39.3 Å². The Hall–Kier alpha value is -1.98. The molecule has 1 fully saturated rings. The molecule has 4 rings (SSSR count). The Labute approximate surface area is 227 Å². The number of thiophene rings is 1. The molecule has 1 aliphatic rings. The summed E-state index contributed by atoms with van der Waals surface area (Å²) in [6, 6.07) is 14.2. The minimum Gasteiger partial charge on any atom is -0.493 e. The van der Waals surface area contributed by atoms with Crippen LogP contribution >= 0.6 is 46.3 Å². The zero-order valence-electron chi connectivity index (χ0n) is 19.3. The number of halogens is 2. The van der Waals surface area contributed by atoms with Crippen molar-refractivity contribution in [2.45, 2.75) is 29.4 Å². The van der Waals surface area contributed by atoms with E-state index < -0.39 is 10.7 Å². The van der Waals surface area contributed by atoms with Gasteiger partial charge in [-0.2, -0.15) is 0 Å². The molecule has 3 aromatic rings. The summed E-state index contributed by atoms with van der Waals surface area (Å²) in [5.74, 6) is 0.982. The van der Waals surface area contributed by atoms with Crippen molar-refractivity contribution in [3.05, 3.63) is 64.0 Å². The average molecular weight is 571 g/mol. The maximum atomic E-state index is 13.1. The number of alkyl halides is 1. The maximum absolute atomic E-state index is 13.1. The lowest BCUT2D eigenvalue weighted by atomic mass is 9.96. The van der Waals surface area contributed by atoms with Gasteiger partial charge in [0, 0.05) is 39.7 Å². The molecule has 1 atom stereocenters.